The van der Waals surface area contributed by atoms with E-state index in [-0.39, 0.29) is 29.4 Å². The van der Waals surface area contributed by atoms with Crippen LogP contribution < -0.4 is 5.32 Å². The van der Waals surface area contributed by atoms with E-state index in [2.05, 4.69) is 10.3 Å². The summed E-state index contributed by atoms with van der Waals surface area (Å²) >= 11 is 0. The van der Waals surface area contributed by atoms with Gasteiger partial charge in [-0.1, -0.05) is 18.2 Å². The molecule has 2 aromatic rings. The fourth-order valence-corrected chi connectivity index (χ4v) is 4.73. The number of carbonyl (C=O) groups excluding carboxylic acids is 3. The summed E-state index contributed by atoms with van der Waals surface area (Å²) in [6.07, 6.45) is 1.25. The van der Waals surface area contributed by atoms with Crippen LogP contribution in [0.4, 0.5) is 0 Å². The fourth-order valence-electron chi connectivity index (χ4n) is 4.73. The van der Waals surface area contributed by atoms with E-state index in [1.807, 2.05) is 24.3 Å². The molecule has 4 atom stereocenters. The van der Waals surface area contributed by atoms with Crippen molar-refractivity contribution in [1.29, 1.82) is 0 Å². The third-order valence-corrected chi connectivity index (χ3v) is 5.54. The maximum Gasteiger partial charge on any atom is 0.235 e. The number of aromatic amines is 1. The van der Waals surface area contributed by atoms with Gasteiger partial charge in [-0.15, -0.1) is 0 Å². The number of fused-ring (bicyclic) bond motifs is 8. The minimum Gasteiger partial charge on any atom is -0.358 e. The van der Waals surface area contributed by atoms with Crippen molar-refractivity contribution in [3.8, 4) is 0 Å². The molecule has 2 aliphatic carbocycles. The number of para-hydroxylation sites is 1. The van der Waals surface area contributed by atoms with Crippen LogP contribution in [0.2, 0.25) is 0 Å². The molecule has 2 N–H and O–H groups in total. The first kappa shape index (κ1) is 12.1. The summed E-state index contributed by atoms with van der Waals surface area (Å²) in [6, 6.07) is 7.84. The number of benzene rings is 1. The van der Waals surface area contributed by atoms with Crippen LogP contribution in [-0.2, 0) is 14.4 Å². The van der Waals surface area contributed by atoms with Crippen molar-refractivity contribution in [3.05, 3.63) is 35.5 Å². The Morgan fingerprint density at radius 1 is 1.00 bits per heavy atom. The van der Waals surface area contributed by atoms with E-state index in [0.29, 0.717) is 6.42 Å². The highest BCUT2D eigenvalue weighted by Crippen LogP contribution is 2.55. The van der Waals surface area contributed by atoms with Crippen LogP contribution in [0.5, 0.6) is 0 Å². The number of amides is 2. The van der Waals surface area contributed by atoms with Gasteiger partial charge >= 0.3 is 0 Å². The van der Waals surface area contributed by atoms with Crippen LogP contribution in [0, 0.1) is 11.8 Å². The van der Waals surface area contributed by atoms with Gasteiger partial charge in [0.1, 0.15) is 5.78 Å². The molecule has 5 nitrogen and oxygen atoms in total. The summed E-state index contributed by atoms with van der Waals surface area (Å²) in [4.78, 5) is 40.4. The SMILES string of the molecule is O=C1NC(=O)C2C1c1c([nH]c3ccccc13)C1CCC(=O)C12. The molecule has 1 saturated heterocycles. The zero-order valence-corrected chi connectivity index (χ0v) is 11.8. The molecule has 4 unspecified atom stereocenters. The summed E-state index contributed by atoms with van der Waals surface area (Å²) in [6.45, 7) is 0. The summed E-state index contributed by atoms with van der Waals surface area (Å²) in [5, 5.41) is 3.44. The van der Waals surface area contributed by atoms with Crippen LogP contribution in [0.15, 0.2) is 24.3 Å². The highest BCUT2D eigenvalue weighted by Gasteiger charge is 2.58. The molecule has 2 heterocycles. The van der Waals surface area contributed by atoms with Gasteiger partial charge in [-0.25, -0.2) is 0 Å². The molecule has 1 aliphatic heterocycles. The number of H-pyrrole nitrogens is 1. The lowest BCUT2D eigenvalue weighted by atomic mass is 9.67. The van der Waals surface area contributed by atoms with Crippen LogP contribution in [0.1, 0.15) is 35.9 Å². The molecular formula is C17H14N2O3. The van der Waals surface area contributed by atoms with Gasteiger partial charge in [-0.05, 0) is 18.1 Å². The van der Waals surface area contributed by atoms with E-state index < -0.39 is 11.8 Å². The number of hydrogen-bond donors (Lipinski definition) is 2. The summed E-state index contributed by atoms with van der Waals surface area (Å²) in [5.74, 6) is -1.80. The number of Topliss-reactive ketones (excluding diaryl/α,β-unsaturated/α-hetero) is 1. The molecule has 1 aromatic heterocycles. The lowest BCUT2D eigenvalue weighted by Gasteiger charge is -2.32. The number of hydrogen-bond acceptors (Lipinski definition) is 3. The Morgan fingerprint density at radius 3 is 2.68 bits per heavy atom. The molecule has 5 rings (SSSR count). The lowest BCUT2D eigenvalue weighted by Crippen LogP contribution is -2.36. The molecular weight excluding hydrogens is 280 g/mol. The first-order valence-electron chi connectivity index (χ1n) is 7.64. The predicted molar refractivity (Wildman–Crippen MR) is 78.2 cm³/mol. The van der Waals surface area contributed by atoms with Gasteiger partial charge < -0.3 is 4.98 Å². The molecule has 1 saturated carbocycles. The molecule has 5 heteroatoms. The van der Waals surface area contributed by atoms with Crippen LogP contribution in [0.3, 0.4) is 0 Å². The number of rotatable bonds is 0. The Morgan fingerprint density at radius 2 is 1.82 bits per heavy atom. The number of nitrogens with one attached hydrogen (secondary N) is 2. The van der Waals surface area contributed by atoms with Gasteiger partial charge in [0.25, 0.3) is 0 Å². The Bertz CT molecular complexity index is 866. The van der Waals surface area contributed by atoms with E-state index in [4.69, 9.17) is 0 Å². The quantitative estimate of drug-likeness (QED) is 0.724. The topological polar surface area (TPSA) is 79.0 Å². The molecule has 3 aliphatic rings. The lowest BCUT2D eigenvalue weighted by molar-refractivity contribution is -0.131. The van der Waals surface area contributed by atoms with Crippen molar-refractivity contribution in [3.63, 3.8) is 0 Å². The Labute approximate surface area is 126 Å². The van der Waals surface area contributed by atoms with Crippen molar-refractivity contribution < 1.29 is 14.4 Å². The Kier molecular flexibility index (Phi) is 2.13. The van der Waals surface area contributed by atoms with Gasteiger partial charge in [0.05, 0.1) is 11.8 Å². The number of aromatic nitrogens is 1. The maximum atomic E-state index is 12.4. The average molecular weight is 294 g/mol. The van der Waals surface area contributed by atoms with E-state index in [9.17, 15) is 14.4 Å². The molecule has 110 valence electrons. The van der Waals surface area contributed by atoms with E-state index in [1.165, 1.54) is 0 Å². The number of ketones is 1. The first-order chi connectivity index (χ1) is 10.7. The summed E-state index contributed by atoms with van der Waals surface area (Å²) in [7, 11) is 0. The Balaban J connectivity index is 1.86. The minimum absolute atomic E-state index is 0.0350. The van der Waals surface area contributed by atoms with Crippen molar-refractivity contribution in [2.45, 2.75) is 24.7 Å². The Hall–Kier alpha value is -2.43. The standard InChI is InChI=1S/C17H14N2O3/c20-10-6-5-8-11(10)13-14(17(22)19-16(13)21)12-7-3-1-2-4-9(7)18-15(8)12/h1-4,8,11,13-14,18H,5-6H2,(H,19,21,22). The summed E-state index contributed by atoms with van der Waals surface area (Å²) in [5.41, 5.74) is 2.89. The van der Waals surface area contributed by atoms with Crippen molar-refractivity contribution in [2.24, 2.45) is 11.8 Å². The van der Waals surface area contributed by atoms with Crippen LogP contribution in [0.25, 0.3) is 10.9 Å². The summed E-state index contributed by atoms with van der Waals surface area (Å²) < 4.78 is 0. The molecule has 0 spiro atoms. The van der Waals surface area contributed by atoms with Gasteiger partial charge in [-0.2, -0.15) is 0 Å². The van der Waals surface area contributed by atoms with Gasteiger partial charge in [0.15, 0.2) is 0 Å². The van der Waals surface area contributed by atoms with Gasteiger partial charge in [-0.3, -0.25) is 19.7 Å². The van der Waals surface area contributed by atoms with Crippen molar-refractivity contribution >= 4 is 28.5 Å². The van der Waals surface area contributed by atoms with E-state index >= 15 is 0 Å². The maximum absolute atomic E-state index is 12.4. The molecule has 0 bridgehead atoms. The molecule has 0 radical (unpaired) electrons. The average Bonchev–Trinajstić information content (AvgIpc) is 3.14. The second-order valence-corrected chi connectivity index (χ2v) is 6.49. The highest BCUT2D eigenvalue weighted by atomic mass is 16.2. The normalized spacial score (nSPS) is 32.8. The third kappa shape index (κ3) is 1.27. The molecule has 2 amide bonds. The van der Waals surface area contributed by atoms with Crippen molar-refractivity contribution in [1.82, 2.24) is 10.3 Å². The third-order valence-electron chi connectivity index (χ3n) is 5.54. The minimum atomic E-state index is -0.529. The monoisotopic (exact) mass is 294 g/mol. The smallest absolute Gasteiger partial charge is 0.235 e. The largest absolute Gasteiger partial charge is 0.358 e. The van der Waals surface area contributed by atoms with E-state index in [1.54, 1.807) is 0 Å². The molecule has 2 fully saturated rings. The second kappa shape index (κ2) is 3.85. The zero-order valence-electron chi connectivity index (χ0n) is 11.8. The second-order valence-electron chi connectivity index (χ2n) is 6.49. The zero-order chi connectivity index (χ0) is 15.0. The predicted octanol–water partition coefficient (Wildman–Crippen LogP) is 1.60. The highest BCUT2D eigenvalue weighted by molar-refractivity contribution is 6.12. The van der Waals surface area contributed by atoms with Crippen molar-refractivity contribution in [2.75, 3.05) is 0 Å². The molecule has 22 heavy (non-hydrogen) atoms. The fraction of sp³-hybridized carbons (Fsp3) is 0.353. The van der Waals surface area contributed by atoms with Gasteiger partial charge in [0.2, 0.25) is 11.8 Å². The number of carbonyl (C=O) groups is 3. The number of imide groups is 1. The van der Waals surface area contributed by atoms with E-state index in [0.717, 1.165) is 28.6 Å². The van der Waals surface area contributed by atoms with Gasteiger partial charge in [0, 0.05) is 34.9 Å². The molecule has 1 aromatic carbocycles. The van der Waals surface area contributed by atoms with Crippen LogP contribution in [-0.4, -0.2) is 22.6 Å². The van der Waals surface area contributed by atoms with Crippen LogP contribution >= 0.6 is 0 Å². The first-order valence-corrected chi connectivity index (χ1v) is 7.64.